The summed E-state index contributed by atoms with van der Waals surface area (Å²) in [5, 5.41) is 3.22. The number of likely N-dealkylation sites (tertiary alicyclic amines) is 2. The number of piperidine rings is 1. The molecule has 3 amide bonds. The number of carbonyl (C=O) groups is 2. The minimum absolute atomic E-state index is 0.107. The standard InChI is InChI=1S/C20H27N3O2/c24-19(15-7-3-1-4-8-15)22-12-11-18-16(13-22)14-23(18)20(25)21-17-9-5-2-6-10-17/h1,3-4,7-8,16-18H,2,5-6,9-14H2,(H,21,25)/t16-,18-/m1/s1. The number of urea groups is 1. The quantitative estimate of drug-likeness (QED) is 0.899. The Labute approximate surface area is 149 Å². The third kappa shape index (κ3) is 3.37. The van der Waals surface area contributed by atoms with E-state index in [1.807, 2.05) is 40.1 Å². The molecule has 1 saturated carbocycles. The zero-order valence-corrected chi connectivity index (χ0v) is 14.7. The molecule has 2 aliphatic heterocycles. The molecule has 134 valence electrons. The second-order valence-corrected chi connectivity index (χ2v) is 7.67. The molecule has 1 aromatic rings. The second kappa shape index (κ2) is 7.06. The number of nitrogens with one attached hydrogen (secondary N) is 1. The molecular weight excluding hydrogens is 314 g/mol. The molecule has 0 aromatic heterocycles. The van der Waals surface area contributed by atoms with Crippen LogP contribution in [0.2, 0.25) is 0 Å². The summed E-state index contributed by atoms with van der Waals surface area (Å²) in [6, 6.07) is 10.3. The van der Waals surface area contributed by atoms with E-state index < -0.39 is 0 Å². The van der Waals surface area contributed by atoms with Crippen molar-refractivity contribution in [1.29, 1.82) is 0 Å². The van der Waals surface area contributed by atoms with Crippen LogP contribution in [-0.4, -0.2) is 53.5 Å². The number of fused-ring (bicyclic) bond motifs is 1. The summed E-state index contributed by atoms with van der Waals surface area (Å²) in [7, 11) is 0. The van der Waals surface area contributed by atoms with Gasteiger partial charge in [-0.3, -0.25) is 4.79 Å². The molecule has 0 radical (unpaired) electrons. The molecule has 5 heteroatoms. The largest absolute Gasteiger partial charge is 0.338 e. The number of benzene rings is 1. The van der Waals surface area contributed by atoms with E-state index in [0.29, 0.717) is 18.0 Å². The van der Waals surface area contributed by atoms with Gasteiger partial charge in [-0.25, -0.2) is 4.79 Å². The normalized spacial score (nSPS) is 26.6. The molecular formula is C20H27N3O2. The Morgan fingerprint density at radius 1 is 0.960 bits per heavy atom. The summed E-state index contributed by atoms with van der Waals surface area (Å²) < 4.78 is 0. The molecule has 2 atom stereocenters. The highest BCUT2D eigenvalue weighted by Gasteiger charge is 2.46. The third-order valence-corrected chi connectivity index (χ3v) is 6.03. The van der Waals surface area contributed by atoms with Crippen LogP contribution >= 0.6 is 0 Å². The fraction of sp³-hybridized carbons (Fsp3) is 0.600. The van der Waals surface area contributed by atoms with Crippen LogP contribution in [0.5, 0.6) is 0 Å². The van der Waals surface area contributed by atoms with Crippen LogP contribution in [0.15, 0.2) is 30.3 Å². The van der Waals surface area contributed by atoms with Crippen LogP contribution in [0.3, 0.4) is 0 Å². The second-order valence-electron chi connectivity index (χ2n) is 7.67. The van der Waals surface area contributed by atoms with Crippen LogP contribution in [0.25, 0.3) is 0 Å². The molecule has 3 fully saturated rings. The van der Waals surface area contributed by atoms with E-state index in [4.69, 9.17) is 0 Å². The number of nitrogens with zero attached hydrogens (tertiary/aromatic N) is 2. The first-order chi connectivity index (χ1) is 12.2. The van der Waals surface area contributed by atoms with Gasteiger partial charge in [0.05, 0.1) is 0 Å². The Morgan fingerprint density at radius 2 is 1.72 bits per heavy atom. The Bertz CT molecular complexity index is 627. The van der Waals surface area contributed by atoms with Gasteiger partial charge in [0.15, 0.2) is 0 Å². The molecule has 1 aliphatic carbocycles. The van der Waals surface area contributed by atoms with Gasteiger partial charge in [0.25, 0.3) is 5.91 Å². The SMILES string of the molecule is O=C(c1ccccc1)N1CC[C@@H]2[C@H](C1)CN2C(=O)NC1CCCCC1. The van der Waals surface area contributed by atoms with Crippen LogP contribution in [-0.2, 0) is 0 Å². The van der Waals surface area contributed by atoms with Gasteiger partial charge in [-0.15, -0.1) is 0 Å². The number of rotatable bonds is 2. The molecule has 0 bridgehead atoms. The molecule has 3 aliphatic rings. The van der Waals surface area contributed by atoms with Crippen LogP contribution in [0.4, 0.5) is 4.79 Å². The molecule has 0 unspecified atom stereocenters. The maximum Gasteiger partial charge on any atom is 0.317 e. The molecule has 1 aromatic carbocycles. The fourth-order valence-corrected chi connectivity index (χ4v) is 4.55. The van der Waals surface area contributed by atoms with Crippen molar-refractivity contribution in [1.82, 2.24) is 15.1 Å². The number of hydrogen-bond acceptors (Lipinski definition) is 2. The zero-order chi connectivity index (χ0) is 17.2. The van der Waals surface area contributed by atoms with E-state index in [-0.39, 0.29) is 11.9 Å². The lowest BCUT2D eigenvalue weighted by molar-refractivity contribution is -0.0101. The third-order valence-electron chi connectivity index (χ3n) is 6.03. The average molecular weight is 341 g/mol. The predicted molar refractivity (Wildman–Crippen MR) is 96.4 cm³/mol. The lowest BCUT2D eigenvalue weighted by Gasteiger charge is -2.53. The van der Waals surface area contributed by atoms with Crippen molar-refractivity contribution >= 4 is 11.9 Å². The van der Waals surface area contributed by atoms with Gasteiger partial charge in [-0.05, 0) is 31.4 Å². The van der Waals surface area contributed by atoms with Crippen molar-refractivity contribution in [3.05, 3.63) is 35.9 Å². The Kier molecular flexibility index (Phi) is 4.64. The summed E-state index contributed by atoms with van der Waals surface area (Å²) >= 11 is 0. The molecule has 25 heavy (non-hydrogen) atoms. The van der Waals surface area contributed by atoms with E-state index in [1.165, 1.54) is 19.3 Å². The van der Waals surface area contributed by atoms with Crippen molar-refractivity contribution in [2.45, 2.75) is 50.6 Å². The van der Waals surface area contributed by atoms with Crippen molar-refractivity contribution in [2.75, 3.05) is 19.6 Å². The molecule has 2 saturated heterocycles. The summed E-state index contributed by atoms with van der Waals surface area (Å²) in [5.41, 5.74) is 0.757. The topological polar surface area (TPSA) is 52.7 Å². The van der Waals surface area contributed by atoms with Crippen molar-refractivity contribution in [3.63, 3.8) is 0 Å². The molecule has 0 spiro atoms. The van der Waals surface area contributed by atoms with E-state index in [1.54, 1.807) is 0 Å². The highest BCUT2D eigenvalue weighted by molar-refractivity contribution is 5.94. The van der Waals surface area contributed by atoms with Gasteiger partial charge in [-0.2, -0.15) is 0 Å². The summed E-state index contributed by atoms with van der Waals surface area (Å²) in [6.07, 6.45) is 6.88. The number of hydrogen-bond donors (Lipinski definition) is 1. The first-order valence-electron chi connectivity index (χ1n) is 9.64. The zero-order valence-electron chi connectivity index (χ0n) is 14.7. The maximum atomic E-state index is 12.6. The summed E-state index contributed by atoms with van der Waals surface area (Å²) in [6.45, 7) is 2.29. The van der Waals surface area contributed by atoms with Gasteiger partial charge < -0.3 is 15.1 Å². The van der Waals surface area contributed by atoms with Gasteiger partial charge >= 0.3 is 6.03 Å². The van der Waals surface area contributed by atoms with Crippen LogP contribution < -0.4 is 5.32 Å². The predicted octanol–water partition coefficient (Wildman–Crippen LogP) is 2.88. The van der Waals surface area contributed by atoms with Gasteiger partial charge in [0, 0.05) is 43.2 Å². The van der Waals surface area contributed by atoms with Gasteiger partial charge in [-0.1, -0.05) is 37.5 Å². The minimum atomic E-state index is 0.107. The van der Waals surface area contributed by atoms with Gasteiger partial charge in [0.2, 0.25) is 0 Å². The molecule has 4 rings (SSSR count). The summed E-state index contributed by atoms with van der Waals surface area (Å²) in [5.74, 6) is 0.544. The van der Waals surface area contributed by atoms with Crippen molar-refractivity contribution in [2.24, 2.45) is 5.92 Å². The Morgan fingerprint density at radius 3 is 2.44 bits per heavy atom. The van der Waals surface area contributed by atoms with E-state index in [2.05, 4.69) is 5.32 Å². The van der Waals surface area contributed by atoms with E-state index in [9.17, 15) is 9.59 Å². The molecule has 5 nitrogen and oxygen atoms in total. The first kappa shape index (κ1) is 16.4. The van der Waals surface area contributed by atoms with Crippen LogP contribution in [0, 0.1) is 5.92 Å². The van der Waals surface area contributed by atoms with Crippen molar-refractivity contribution < 1.29 is 9.59 Å². The lowest BCUT2D eigenvalue weighted by Crippen LogP contribution is -2.67. The first-order valence-corrected chi connectivity index (χ1v) is 9.64. The fourth-order valence-electron chi connectivity index (χ4n) is 4.55. The van der Waals surface area contributed by atoms with E-state index >= 15 is 0 Å². The van der Waals surface area contributed by atoms with Crippen molar-refractivity contribution in [3.8, 4) is 0 Å². The molecule has 2 heterocycles. The van der Waals surface area contributed by atoms with E-state index in [0.717, 1.165) is 44.5 Å². The Balaban J connectivity index is 1.29. The average Bonchev–Trinajstić information content (AvgIpc) is 2.63. The minimum Gasteiger partial charge on any atom is -0.338 e. The lowest BCUT2D eigenvalue weighted by atomic mass is 9.82. The molecule has 1 N–H and O–H groups in total. The highest BCUT2D eigenvalue weighted by atomic mass is 16.2. The monoisotopic (exact) mass is 341 g/mol. The number of amides is 3. The maximum absolute atomic E-state index is 12.6. The highest BCUT2D eigenvalue weighted by Crippen LogP contribution is 2.33. The summed E-state index contributed by atoms with van der Waals surface area (Å²) in [4.78, 5) is 29.0. The smallest absolute Gasteiger partial charge is 0.317 e. The Hall–Kier alpha value is -2.04. The van der Waals surface area contributed by atoms with Crippen LogP contribution in [0.1, 0.15) is 48.9 Å². The van der Waals surface area contributed by atoms with Gasteiger partial charge in [0.1, 0.15) is 0 Å². The number of carbonyl (C=O) groups excluding carboxylic acids is 2.